The summed E-state index contributed by atoms with van der Waals surface area (Å²) in [4.78, 5) is 9.67. The van der Waals surface area contributed by atoms with Crippen LogP contribution in [0.25, 0.3) is 61.3 Å². The fourth-order valence-electron chi connectivity index (χ4n) is 6.72. The normalized spacial score (nSPS) is 11.3. The number of hydrogen-bond donors (Lipinski definition) is 0. The largest absolute Gasteiger partial charge is 0.501 e. The Labute approximate surface area is 319 Å². The summed E-state index contributed by atoms with van der Waals surface area (Å²) in [5, 5.41) is 3.63. The summed E-state index contributed by atoms with van der Waals surface area (Å²) in [6.45, 7) is 7.15. The van der Waals surface area contributed by atoms with Gasteiger partial charge in [0.2, 0.25) is 0 Å². The standard InChI is InChI=1S/C25H15N2O.C21H22NSi.Ir/c1-2-9-17(10-3-1)27-22-15-6-5-14-21(22)26-25(27)20-13-8-12-19-18-11-4-7-16-23(18)28-24(19)20;1-23(2,3)21-16-22-20(18-12-8-5-9-13-18)15-19(21)14-17-10-6-4-7-11-17;/h1-12,14-16H;4-12,15-16H,14H2,1-3H3;/q2*-1;. The van der Waals surface area contributed by atoms with Crippen molar-refractivity contribution in [3.63, 3.8) is 0 Å². The maximum Gasteiger partial charge on any atom is 0.120 e. The van der Waals surface area contributed by atoms with Crippen LogP contribution >= 0.6 is 0 Å². The van der Waals surface area contributed by atoms with Crippen LogP contribution in [-0.2, 0) is 26.5 Å². The molecule has 0 spiro atoms. The van der Waals surface area contributed by atoms with Gasteiger partial charge in [-0.05, 0) is 53.2 Å². The van der Waals surface area contributed by atoms with Crippen LogP contribution < -0.4 is 5.19 Å². The SMILES string of the molecule is C[Si](C)(C)c1cnc(-c2[c-]cccc2)cc1Cc1ccccc1.[Ir].[c-]1ccc2c(oc3ccccc32)c1-c1nc2ccccc2n1-c1ccccc1. The Morgan fingerprint density at radius 2 is 1.40 bits per heavy atom. The summed E-state index contributed by atoms with van der Waals surface area (Å²) in [5.74, 6) is 0.831. The van der Waals surface area contributed by atoms with Gasteiger partial charge in [-0.25, -0.2) is 0 Å². The number of aromatic nitrogens is 3. The van der Waals surface area contributed by atoms with Crippen LogP contribution in [0.1, 0.15) is 11.1 Å². The van der Waals surface area contributed by atoms with Gasteiger partial charge in [0.05, 0.1) is 30.5 Å². The molecule has 3 heterocycles. The van der Waals surface area contributed by atoms with Gasteiger partial charge >= 0.3 is 0 Å². The van der Waals surface area contributed by atoms with Crippen LogP contribution in [0.2, 0.25) is 19.6 Å². The summed E-state index contributed by atoms with van der Waals surface area (Å²) in [6, 6.07) is 58.3. The van der Waals surface area contributed by atoms with E-state index in [1.165, 1.54) is 16.3 Å². The number of pyridine rings is 1. The fourth-order valence-corrected chi connectivity index (χ4v) is 8.30. The van der Waals surface area contributed by atoms with Crippen molar-refractivity contribution in [1.82, 2.24) is 14.5 Å². The van der Waals surface area contributed by atoms with Gasteiger partial charge in [0, 0.05) is 37.4 Å². The summed E-state index contributed by atoms with van der Waals surface area (Å²) in [7, 11) is -1.43. The molecule has 6 aromatic carbocycles. The third kappa shape index (κ3) is 7.06. The molecule has 0 aliphatic carbocycles. The first-order chi connectivity index (χ1) is 24.9. The minimum atomic E-state index is -1.43. The quantitative estimate of drug-likeness (QED) is 0.124. The van der Waals surface area contributed by atoms with Crippen molar-refractivity contribution in [2.75, 3.05) is 0 Å². The van der Waals surface area contributed by atoms with E-state index in [1.54, 1.807) is 0 Å². The summed E-state index contributed by atoms with van der Waals surface area (Å²) >= 11 is 0. The Balaban J connectivity index is 0.000000162. The van der Waals surface area contributed by atoms with E-state index in [0.717, 1.165) is 67.7 Å². The van der Waals surface area contributed by atoms with Crippen LogP contribution in [0.15, 0.2) is 162 Å². The molecule has 3 aromatic heterocycles. The maximum atomic E-state index is 6.24. The molecule has 0 aliphatic rings. The Morgan fingerprint density at radius 3 is 2.17 bits per heavy atom. The van der Waals surface area contributed by atoms with Crippen molar-refractivity contribution in [3.05, 3.63) is 181 Å². The monoisotopic (exact) mass is 868 g/mol. The van der Waals surface area contributed by atoms with Gasteiger partial charge in [0.25, 0.3) is 0 Å². The number of hydrogen-bond acceptors (Lipinski definition) is 3. The summed E-state index contributed by atoms with van der Waals surface area (Å²) in [5.41, 5.74) is 10.5. The van der Waals surface area contributed by atoms with Crippen molar-refractivity contribution >= 4 is 46.2 Å². The first-order valence-corrected chi connectivity index (χ1v) is 20.8. The average Bonchev–Trinajstić information content (AvgIpc) is 3.75. The molecule has 4 nitrogen and oxygen atoms in total. The van der Waals surface area contributed by atoms with E-state index in [9.17, 15) is 0 Å². The molecule has 0 N–H and O–H groups in total. The molecule has 0 bridgehead atoms. The molecule has 0 aliphatic heterocycles. The Kier molecular flexibility index (Phi) is 10.1. The van der Waals surface area contributed by atoms with Crippen LogP contribution in [0.3, 0.4) is 0 Å². The second-order valence-electron chi connectivity index (χ2n) is 13.7. The van der Waals surface area contributed by atoms with Crippen molar-refractivity contribution in [3.8, 4) is 28.3 Å². The third-order valence-electron chi connectivity index (χ3n) is 9.16. The molecule has 0 fully saturated rings. The van der Waals surface area contributed by atoms with Crippen molar-refractivity contribution < 1.29 is 24.5 Å². The Bertz CT molecular complexity index is 2590. The van der Waals surface area contributed by atoms with E-state index in [1.807, 2.05) is 78.9 Å². The van der Waals surface area contributed by atoms with Gasteiger partial charge in [0.1, 0.15) is 5.58 Å². The topological polar surface area (TPSA) is 43.9 Å². The second-order valence-corrected chi connectivity index (χ2v) is 18.7. The van der Waals surface area contributed by atoms with Gasteiger partial charge in [0.15, 0.2) is 0 Å². The second kappa shape index (κ2) is 15.1. The van der Waals surface area contributed by atoms with Crippen LogP contribution in [0, 0.1) is 12.1 Å². The molecule has 6 heteroatoms. The predicted octanol–water partition coefficient (Wildman–Crippen LogP) is 11.1. The number of nitrogens with zero attached hydrogens (tertiary/aromatic N) is 3. The number of imidazole rings is 1. The summed E-state index contributed by atoms with van der Waals surface area (Å²) in [6.07, 6.45) is 3.06. The zero-order chi connectivity index (χ0) is 34.8. The van der Waals surface area contributed by atoms with E-state index in [2.05, 4.69) is 115 Å². The average molecular weight is 868 g/mol. The molecule has 9 rings (SSSR count). The van der Waals surface area contributed by atoms with E-state index in [4.69, 9.17) is 14.4 Å². The van der Waals surface area contributed by atoms with Crippen molar-refractivity contribution in [2.24, 2.45) is 0 Å². The predicted molar refractivity (Wildman–Crippen MR) is 213 cm³/mol. The van der Waals surface area contributed by atoms with Crippen LogP contribution in [-0.4, -0.2) is 22.6 Å². The van der Waals surface area contributed by atoms with Gasteiger partial charge in [-0.15, -0.1) is 54.1 Å². The number of rotatable bonds is 6. The van der Waals surface area contributed by atoms with E-state index in [0.29, 0.717) is 0 Å². The Morgan fingerprint density at radius 1 is 0.692 bits per heavy atom. The van der Waals surface area contributed by atoms with Gasteiger partial charge in [-0.2, -0.15) is 0 Å². The molecular weight excluding hydrogens is 831 g/mol. The minimum Gasteiger partial charge on any atom is -0.501 e. The van der Waals surface area contributed by atoms with E-state index < -0.39 is 8.07 Å². The molecule has 9 aromatic rings. The zero-order valence-electron chi connectivity index (χ0n) is 29.3. The first kappa shape index (κ1) is 35.0. The molecule has 0 atom stereocenters. The molecule has 52 heavy (non-hydrogen) atoms. The molecule has 0 saturated heterocycles. The van der Waals surface area contributed by atoms with E-state index >= 15 is 0 Å². The van der Waals surface area contributed by atoms with Crippen molar-refractivity contribution in [2.45, 2.75) is 26.1 Å². The number of para-hydroxylation sites is 4. The molecule has 0 saturated carbocycles. The van der Waals surface area contributed by atoms with Gasteiger partial charge in [-0.3, -0.25) is 4.98 Å². The van der Waals surface area contributed by atoms with Crippen LogP contribution in [0.5, 0.6) is 0 Å². The zero-order valence-corrected chi connectivity index (χ0v) is 32.7. The fraction of sp³-hybridized carbons (Fsp3) is 0.0870. The maximum absolute atomic E-state index is 6.24. The number of fused-ring (bicyclic) bond motifs is 4. The van der Waals surface area contributed by atoms with E-state index in [-0.39, 0.29) is 20.1 Å². The molecule has 0 unspecified atom stereocenters. The minimum absolute atomic E-state index is 0. The molecular formula is C46H37IrN3OSi-2. The first-order valence-electron chi connectivity index (χ1n) is 17.3. The third-order valence-corrected chi connectivity index (χ3v) is 11.2. The molecule has 0 amide bonds. The smallest absolute Gasteiger partial charge is 0.120 e. The van der Waals surface area contributed by atoms with Gasteiger partial charge < -0.3 is 14.0 Å². The Hall–Kier alpha value is -5.39. The van der Waals surface area contributed by atoms with Gasteiger partial charge in [-0.1, -0.05) is 121 Å². The molecule has 257 valence electrons. The number of furan rings is 1. The number of benzene rings is 6. The summed E-state index contributed by atoms with van der Waals surface area (Å²) < 4.78 is 8.41. The molecule has 1 radical (unpaired) electrons. The van der Waals surface area contributed by atoms with Crippen LogP contribution in [0.4, 0.5) is 0 Å². The van der Waals surface area contributed by atoms with Crippen molar-refractivity contribution in [1.29, 1.82) is 0 Å².